The van der Waals surface area contributed by atoms with Crippen LogP contribution in [-0.4, -0.2) is 5.78 Å². The van der Waals surface area contributed by atoms with Crippen molar-refractivity contribution in [2.24, 2.45) is 5.41 Å². The Hall–Kier alpha value is -1.37. The summed E-state index contributed by atoms with van der Waals surface area (Å²) in [5, 5.41) is 0. The van der Waals surface area contributed by atoms with Gasteiger partial charge in [0.1, 0.15) is 5.78 Å². The average Bonchev–Trinajstić information content (AvgIpc) is 2.17. The van der Waals surface area contributed by atoms with E-state index in [-0.39, 0.29) is 11.2 Å². The zero-order valence-electron chi connectivity index (χ0n) is 10.4. The molecule has 0 aromatic heterocycles. The molecule has 86 valence electrons. The van der Waals surface area contributed by atoms with E-state index >= 15 is 0 Å². The van der Waals surface area contributed by atoms with Crippen LogP contribution in [-0.2, 0) is 11.2 Å². The van der Waals surface area contributed by atoms with Gasteiger partial charge < -0.3 is 0 Å². The maximum Gasteiger partial charge on any atom is 0.136 e. The van der Waals surface area contributed by atoms with Crippen LogP contribution in [0.5, 0.6) is 0 Å². The lowest BCUT2D eigenvalue weighted by atomic mass is 9.76. The first-order valence-corrected chi connectivity index (χ1v) is 5.63. The summed E-state index contributed by atoms with van der Waals surface area (Å²) < 4.78 is 0. The standard InChI is InChI=1S/C15H20O/c1-12(2)10-15(4,13(3)16)11-14-8-6-5-7-9-14/h5-9H,1,10-11H2,2-4H3. The molecule has 1 atom stereocenters. The Morgan fingerprint density at radius 1 is 1.25 bits per heavy atom. The fraction of sp³-hybridized carbons (Fsp3) is 0.400. The average molecular weight is 216 g/mol. The van der Waals surface area contributed by atoms with Crippen LogP contribution in [0, 0.1) is 5.41 Å². The van der Waals surface area contributed by atoms with Crippen LogP contribution in [0.2, 0.25) is 0 Å². The van der Waals surface area contributed by atoms with Crippen LogP contribution in [0.3, 0.4) is 0 Å². The molecular formula is C15H20O. The Labute approximate surface area is 98.2 Å². The normalized spacial score (nSPS) is 14.2. The number of carbonyl (C=O) groups is 1. The first kappa shape index (κ1) is 12.7. The van der Waals surface area contributed by atoms with Crippen molar-refractivity contribution in [1.29, 1.82) is 0 Å². The van der Waals surface area contributed by atoms with Crippen molar-refractivity contribution in [3.05, 3.63) is 48.0 Å². The van der Waals surface area contributed by atoms with Crippen LogP contribution in [0.4, 0.5) is 0 Å². The molecule has 1 aromatic rings. The summed E-state index contributed by atoms with van der Waals surface area (Å²) in [4.78, 5) is 11.8. The van der Waals surface area contributed by atoms with E-state index in [4.69, 9.17) is 0 Å². The van der Waals surface area contributed by atoms with Crippen molar-refractivity contribution in [1.82, 2.24) is 0 Å². The van der Waals surface area contributed by atoms with Crippen LogP contribution < -0.4 is 0 Å². The molecule has 0 aliphatic carbocycles. The molecule has 1 aromatic carbocycles. The van der Waals surface area contributed by atoms with Crippen molar-refractivity contribution in [3.8, 4) is 0 Å². The van der Waals surface area contributed by atoms with Gasteiger partial charge in [0, 0.05) is 5.41 Å². The number of ketones is 1. The van der Waals surface area contributed by atoms with Gasteiger partial charge in [0.15, 0.2) is 0 Å². The Kier molecular flexibility index (Phi) is 4.05. The highest BCUT2D eigenvalue weighted by Gasteiger charge is 2.29. The largest absolute Gasteiger partial charge is 0.299 e. The van der Waals surface area contributed by atoms with Crippen molar-refractivity contribution >= 4 is 5.78 Å². The fourth-order valence-electron chi connectivity index (χ4n) is 2.02. The van der Waals surface area contributed by atoms with Gasteiger partial charge in [-0.05, 0) is 32.3 Å². The van der Waals surface area contributed by atoms with E-state index in [0.717, 1.165) is 18.4 Å². The number of benzene rings is 1. The van der Waals surface area contributed by atoms with Crippen LogP contribution >= 0.6 is 0 Å². The first-order chi connectivity index (χ1) is 7.44. The van der Waals surface area contributed by atoms with Gasteiger partial charge in [0.2, 0.25) is 0 Å². The van der Waals surface area contributed by atoms with Gasteiger partial charge in [0.05, 0.1) is 0 Å². The SMILES string of the molecule is C=C(C)CC(C)(Cc1ccccc1)C(C)=O. The monoisotopic (exact) mass is 216 g/mol. The van der Waals surface area contributed by atoms with Crippen molar-refractivity contribution < 1.29 is 4.79 Å². The Morgan fingerprint density at radius 3 is 2.25 bits per heavy atom. The lowest BCUT2D eigenvalue weighted by Gasteiger charge is -2.27. The predicted octanol–water partition coefficient (Wildman–Crippen LogP) is 3.79. The third-order valence-electron chi connectivity index (χ3n) is 2.98. The molecule has 0 saturated heterocycles. The van der Waals surface area contributed by atoms with E-state index in [0.29, 0.717) is 0 Å². The topological polar surface area (TPSA) is 17.1 Å². The summed E-state index contributed by atoms with van der Waals surface area (Å²) in [6.07, 6.45) is 1.55. The highest BCUT2D eigenvalue weighted by atomic mass is 16.1. The number of hydrogen-bond acceptors (Lipinski definition) is 1. The molecule has 1 heteroatoms. The van der Waals surface area contributed by atoms with E-state index in [1.807, 2.05) is 32.0 Å². The number of Topliss-reactive ketones (excluding diaryl/α,β-unsaturated/α-hetero) is 1. The predicted molar refractivity (Wildman–Crippen MR) is 68.4 cm³/mol. The summed E-state index contributed by atoms with van der Waals surface area (Å²) in [6, 6.07) is 10.2. The van der Waals surface area contributed by atoms with Crippen molar-refractivity contribution in [2.75, 3.05) is 0 Å². The maximum absolute atomic E-state index is 11.8. The van der Waals surface area contributed by atoms with E-state index in [9.17, 15) is 4.79 Å². The van der Waals surface area contributed by atoms with Crippen molar-refractivity contribution in [3.63, 3.8) is 0 Å². The van der Waals surface area contributed by atoms with Gasteiger partial charge >= 0.3 is 0 Å². The Morgan fingerprint density at radius 2 is 1.81 bits per heavy atom. The molecule has 0 spiro atoms. The molecule has 1 nitrogen and oxygen atoms in total. The van der Waals surface area contributed by atoms with Gasteiger partial charge in [-0.25, -0.2) is 0 Å². The Balaban J connectivity index is 2.87. The molecule has 1 rings (SSSR count). The van der Waals surface area contributed by atoms with Gasteiger partial charge in [-0.1, -0.05) is 42.8 Å². The van der Waals surface area contributed by atoms with Crippen molar-refractivity contribution in [2.45, 2.75) is 33.6 Å². The van der Waals surface area contributed by atoms with Gasteiger partial charge in [-0.3, -0.25) is 4.79 Å². The Bertz CT molecular complexity index is 378. The summed E-state index contributed by atoms with van der Waals surface area (Å²) in [7, 11) is 0. The van der Waals surface area contributed by atoms with E-state index in [2.05, 4.69) is 18.7 Å². The smallest absolute Gasteiger partial charge is 0.136 e. The second kappa shape index (κ2) is 5.11. The quantitative estimate of drug-likeness (QED) is 0.684. The minimum absolute atomic E-state index is 0.236. The molecule has 0 N–H and O–H groups in total. The number of allylic oxidation sites excluding steroid dienone is 1. The third-order valence-corrected chi connectivity index (χ3v) is 2.98. The second-order valence-electron chi connectivity index (χ2n) is 4.91. The molecule has 0 saturated carbocycles. The lowest BCUT2D eigenvalue weighted by molar-refractivity contribution is -0.125. The van der Waals surface area contributed by atoms with E-state index in [1.165, 1.54) is 5.56 Å². The molecule has 16 heavy (non-hydrogen) atoms. The van der Waals surface area contributed by atoms with Gasteiger partial charge in [-0.15, -0.1) is 6.58 Å². The summed E-state index contributed by atoms with van der Waals surface area (Å²) in [5.41, 5.74) is 1.96. The van der Waals surface area contributed by atoms with Gasteiger partial charge in [0.25, 0.3) is 0 Å². The zero-order chi connectivity index (χ0) is 12.2. The summed E-state index contributed by atoms with van der Waals surface area (Å²) in [5.74, 6) is 0.236. The molecule has 0 amide bonds. The minimum atomic E-state index is -0.312. The molecule has 0 fully saturated rings. The number of rotatable bonds is 5. The molecule has 0 bridgehead atoms. The van der Waals surface area contributed by atoms with Crippen LogP contribution in [0.1, 0.15) is 32.8 Å². The van der Waals surface area contributed by atoms with Crippen LogP contribution in [0.15, 0.2) is 42.5 Å². The molecule has 1 unspecified atom stereocenters. The molecule has 0 aliphatic rings. The highest BCUT2D eigenvalue weighted by Crippen LogP contribution is 2.30. The highest BCUT2D eigenvalue weighted by molar-refractivity contribution is 5.82. The van der Waals surface area contributed by atoms with Crippen LogP contribution in [0.25, 0.3) is 0 Å². The van der Waals surface area contributed by atoms with Gasteiger partial charge in [-0.2, -0.15) is 0 Å². The summed E-state index contributed by atoms with van der Waals surface area (Å²) >= 11 is 0. The number of carbonyl (C=O) groups excluding carboxylic acids is 1. The fourth-order valence-corrected chi connectivity index (χ4v) is 2.02. The van der Waals surface area contributed by atoms with E-state index < -0.39 is 0 Å². The third kappa shape index (κ3) is 3.34. The molecule has 0 radical (unpaired) electrons. The minimum Gasteiger partial charge on any atom is -0.299 e. The zero-order valence-corrected chi connectivity index (χ0v) is 10.4. The molecule has 0 heterocycles. The molecular weight excluding hydrogens is 196 g/mol. The number of hydrogen-bond donors (Lipinski definition) is 0. The molecule has 0 aliphatic heterocycles. The van der Waals surface area contributed by atoms with E-state index in [1.54, 1.807) is 6.92 Å². The maximum atomic E-state index is 11.8. The lowest BCUT2D eigenvalue weighted by Crippen LogP contribution is -2.28. The summed E-state index contributed by atoms with van der Waals surface area (Å²) in [6.45, 7) is 9.59. The first-order valence-electron chi connectivity index (χ1n) is 5.63. The second-order valence-corrected chi connectivity index (χ2v) is 4.91.